The van der Waals surface area contributed by atoms with Gasteiger partial charge in [-0.25, -0.2) is 8.42 Å². The number of hydrogen-bond donors (Lipinski definition) is 1. The van der Waals surface area contributed by atoms with Gasteiger partial charge in [0.25, 0.3) is 0 Å². The zero-order valence-corrected chi connectivity index (χ0v) is 14.4. The van der Waals surface area contributed by atoms with Crippen LogP contribution in [0.1, 0.15) is 24.0 Å². The van der Waals surface area contributed by atoms with E-state index in [1.54, 1.807) is 0 Å². The number of aryl methyl sites for hydroxylation is 1. The zero-order valence-electron chi connectivity index (χ0n) is 13.6. The van der Waals surface area contributed by atoms with E-state index in [2.05, 4.69) is 5.32 Å². The van der Waals surface area contributed by atoms with E-state index in [9.17, 15) is 13.2 Å². The van der Waals surface area contributed by atoms with E-state index in [4.69, 9.17) is 4.74 Å². The third-order valence-electron chi connectivity index (χ3n) is 3.82. The van der Waals surface area contributed by atoms with Gasteiger partial charge in [0.05, 0.1) is 18.9 Å². The topological polar surface area (TPSA) is 75.7 Å². The van der Waals surface area contributed by atoms with Crippen LogP contribution >= 0.6 is 0 Å². The van der Waals surface area contributed by atoms with Crippen molar-refractivity contribution >= 4 is 15.9 Å². The Morgan fingerprint density at radius 3 is 2.61 bits per heavy atom. The van der Waals surface area contributed by atoms with E-state index >= 15 is 0 Å². The molecule has 2 rings (SSSR count). The van der Waals surface area contributed by atoms with Crippen molar-refractivity contribution in [2.45, 2.75) is 32.4 Å². The van der Waals surface area contributed by atoms with Crippen molar-refractivity contribution in [3.8, 4) is 0 Å². The van der Waals surface area contributed by atoms with E-state index in [1.807, 2.05) is 31.2 Å². The number of hydrogen-bond acceptors (Lipinski definition) is 4. The minimum absolute atomic E-state index is 0.0442. The molecule has 1 aliphatic heterocycles. The first-order valence-electron chi connectivity index (χ1n) is 7.73. The number of nitrogens with zero attached hydrogens (tertiary/aromatic N) is 1. The lowest BCUT2D eigenvalue weighted by atomic mass is 10.1. The molecule has 1 saturated heterocycles. The summed E-state index contributed by atoms with van der Waals surface area (Å²) in [7, 11) is -3.46. The van der Waals surface area contributed by atoms with Crippen LogP contribution in [0.25, 0.3) is 0 Å². The Morgan fingerprint density at radius 2 is 2.04 bits per heavy atom. The Hall–Kier alpha value is -1.44. The van der Waals surface area contributed by atoms with Gasteiger partial charge in [0, 0.05) is 19.7 Å². The summed E-state index contributed by atoms with van der Waals surface area (Å²) in [5.74, 6) is -0.307. The molecule has 128 valence electrons. The van der Waals surface area contributed by atoms with Crippen molar-refractivity contribution in [1.29, 1.82) is 0 Å². The van der Waals surface area contributed by atoms with Crippen molar-refractivity contribution in [2.75, 3.05) is 26.0 Å². The number of amides is 1. The van der Waals surface area contributed by atoms with Crippen LogP contribution in [0, 0.1) is 6.92 Å². The molecule has 0 aromatic heterocycles. The highest BCUT2D eigenvalue weighted by Gasteiger charge is 2.22. The SMILES string of the molecule is Cc1ccc(CN(CC(=O)NC[C@H]2CCCO2)S(C)(=O)=O)cc1. The molecule has 1 fully saturated rings. The average molecular weight is 340 g/mol. The molecule has 0 spiro atoms. The fourth-order valence-corrected chi connectivity index (χ4v) is 3.17. The van der Waals surface area contributed by atoms with Crippen LogP contribution in [-0.4, -0.2) is 50.7 Å². The Bertz CT molecular complexity index is 622. The van der Waals surface area contributed by atoms with Gasteiger partial charge in [-0.05, 0) is 25.3 Å². The lowest BCUT2D eigenvalue weighted by molar-refractivity contribution is -0.121. The highest BCUT2D eigenvalue weighted by atomic mass is 32.2. The predicted molar refractivity (Wildman–Crippen MR) is 88.4 cm³/mol. The van der Waals surface area contributed by atoms with Crippen LogP contribution < -0.4 is 5.32 Å². The number of ether oxygens (including phenoxy) is 1. The summed E-state index contributed by atoms with van der Waals surface area (Å²) < 4.78 is 30.5. The second-order valence-electron chi connectivity index (χ2n) is 5.96. The molecule has 6 nitrogen and oxygen atoms in total. The number of nitrogens with one attached hydrogen (secondary N) is 1. The molecule has 1 aromatic rings. The summed E-state index contributed by atoms with van der Waals surface area (Å²) in [5.41, 5.74) is 1.96. The molecule has 1 heterocycles. The quantitative estimate of drug-likeness (QED) is 0.805. The third-order valence-corrected chi connectivity index (χ3v) is 5.02. The number of carbonyl (C=O) groups is 1. The standard InChI is InChI=1S/C16H24N2O4S/c1-13-5-7-14(8-6-13)11-18(23(2,20)21)12-16(19)17-10-15-4-3-9-22-15/h5-8,15H,3-4,9-12H2,1-2H3,(H,17,19)/t15-/m1/s1. The molecule has 0 saturated carbocycles. The molecule has 1 amide bonds. The van der Waals surface area contributed by atoms with Crippen LogP contribution in [0.5, 0.6) is 0 Å². The minimum atomic E-state index is -3.46. The molecule has 1 aliphatic rings. The van der Waals surface area contributed by atoms with Crippen molar-refractivity contribution in [3.05, 3.63) is 35.4 Å². The molecule has 0 bridgehead atoms. The molecule has 0 unspecified atom stereocenters. The normalized spacial score (nSPS) is 18.3. The van der Waals surface area contributed by atoms with Gasteiger partial charge in [0.15, 0.2) is 0 Å². The second kappa shape index (κ2) is 7.90. The smallest absolute Gasteiger partial charge is 0.235 e. The van der Waals surface area contributed by atoms with Crippen LogP contribution in [0.4, 0.5) is 0 Å². The monoisotopic (exact) mass is 340 g/mol. The maximum Gasteiger partial charge on any atom is 0.235 e. The van der Waals surface area contributed by atoms with Crippen molar-refractivity contribution in [2.24, 2.45) is 0 Å². The molecule has 0 radical (unpaired) electrons. The number of benzene rings is 1. The van der Waals surface area contributed by atoms with Crippen LogP contribution in [0.3, 0.4) is 0 Å². The van der Waals surface area contributed by atoms with Gasteiger partial charge in [0.1, 0.15) is 0 Å². The maximum atomic E-state index is 12.0. The predicted octanol–water partition coefficient (Wildman–Crippen LogP) is 1.05. The van der Waals surface area contributed by atoms with Gasteiger partial charge in [-0.1, -0.05) is 29.8 Å². The fraction of sp³-hybridized carbons (Fsp3) is 0.562. The zero-order chi connectivity index (χ0) is 16.9. The molecular weight excluding hydrogens is 316 g/mol. The Morgan fingerprint density at radius 1 is 1.35 bits per heavy atom. The van der Waals surface area contributed by atoms with Gasteiger partial charge in [0.2, 0.25) is 15.9 Å². The largest absolute Gasteiger partial charge is 0.376 e. The number of carbonyl (C=O) groups excluding carboxylic acids is 1. The molecule has 7 heteroatoms. The number of sulfonamides is 1. The average Bonchev–Trinajstić information content (AvgIpc) is 2.99. The van der Waals surface area contributed by atoms with Gasteiger partial charge in [-0.2, -0.15) is 4.31 Å². The minimum Gasteiger partial charge on any atom is -0.376 e. The molecule has 1 atom stereocenters. The lowest BCUT2D eigenvalue weighted by Gasteiger charge is -2.20. The van der Waals surface area contributed by atoms with E-state index in [-0.39, 0.29) is 25.1 Å². The van der Waals surface area contributed by atoms with Gasteiger partial charge < -0.3 is 10.1 Å². The summed E-state index contributed by atoms with van der Waals surface area (Å²) in [6.07, 6.45) is 3.10. The Balaban J connectivity index is 1.92. The molecule has 0 aliphatic carbocycles. The Labute approximate surface area is 137 Å². The van der Waals surface area contributed by atoms with Crippen LogP contribution in [0.2, 0.25) is 0 Å². The van der Waals surface area contributed by atoms with Crippen molar-refractivity contribution in [3.63, 3.8) is 0 Å². The van der Waals surface area contributed by atoms with E-state index in [0.717, 1.165) is 36.8 Å². The molecule has 1 N–H and O–H groups in total. The van der Waals surface area contributed by atoms with Gasteiger partial charge in [-0.15, -0.1) is 0 Å². The summed E-state index contributed by atoms with van der Waals surface area (Å²) in [6.45, 7) is 3.13. The van der Waals surface area contributed by atoms with E-state index in [1.165, 1.54) is 4.31 Å². The van der Waals surface area contributed by atoms with Gasteiger partial charge >= 0.3 is 0 Å². The van der Waals surface area contributed by atoms with Crippen molar-refractivity contribution in [1.82, 2.24) is 9.62 Å². The van der Waals surface area contributed by atoms with Gasteiger partial charge in [-0.3, -0.25) is 4.79 Å². The molecular formula is C16H24N2O4S. The maximum absolute atomic E-state index is 12.0. The first-order chi connectivity index (χ1) is 10.8. The van der Waals surface area contributed by atoms with Crippen LogP contribution in [0.15, 0.2) is 24.3 Å². The molecule has 23 heavy (non-hydrogen) atoms. The lowest BCUT2D eigenvalue weighted by Crippen LogP contribution is -2.42. The summed E-state index contributed by atoms with van der Waals surface area (Å²) in [4.78, 5) is 12.0. The first-order valence-corrected chi connectivity index (χ1v) is 9.58. The summed E-state index contributed by atoms with van der Waals surface area (Å²) in [6, 6.07) is 7.59. The summed E-state index contributed by atoms with van der Waals surface area (Å²) >= 11 is 0. The van der Waals surface area contributed by atoms with Crippen LogP contribution in [-0.2, 0) is 26.1 Å². The Kier molecular flexibility index (Phi) is 6.15. The molecule has 1 aromatic carbocycles. The number of rotatable bonds is 7. The second-order valence-corrected chi connectivity index (χ2v) is 7.94. The summed E-state index contributed by atoms with van der Waals surface area (Å²) in [5, 5.41) is 2.75. The van der Waals surface area contributed by atoms with E-state index in [0.29, 0.717) is 6.54 Å². The highest BCUT2D eigenvalue weighted by Crippen LogP contribution is 2.11. The van der Waals surface area contributed by atoms with E-state index < -0.39 is 10.0 Å². The fourth-order valence-electron chi connectivity index (χ4n) is 2.44. The van der Waals surface area contributed by atoms with Crippen molar-refractivity contribution < 1.29 is 17.9 Å². The first kappa shape index (κ1) is 17.9. The highest BCUT2D eigenvalue weighted by molar-refractivity contribution is 7.88. The third kappa shape index (κ3) is 5.93.